The highest BCUT2D eigenvalue weighted by Crippen LogP contribution is 2.28. The molecule has 0 unspecified atom stereocenters. The molecule has 4 aromatic carbocycles. The summed E-state index contributed by atoms with van der Waals surface area (Å²) in [5, 5.41) is 6.37. The number of hydrogen-bond acceptors (Lipinski definition) is 6. The maximum Gasteiger partial charge on any atom is 0.411 e. The molecule has 4 aromatic rings. The van der Waals surface area contributed by atoms with Crippen molar-refractivity contribution in [2.75, 3.05) is 45.7 Å². The van der Waals surface area contributed by atoms with Crippen LogP contribution in [-0.2, 0) is 17.8 Å². The molecular weight excluding hydrogens is 564 g/mol. The molecule has 0 aliphatic carbocycles. The number of ether oxygens (including phenoxy) is 2. The number of benzene rings is 4. The predicted molar refractivity (Wildman–Crippen MR) is 178 cm³/mol. The second kappa shape index (κ2) is 15.9. The van der Waals surface area contributed by atoms with Crippen LogP contribution in [0.2, 0.25) is 0 Å². The van der Waals surface area contributed by atoms with E-state index in [1.165, 1.54) is 0 Å². The van der Waals surface area contributed by atoms with Crippen LogP contribution in [0.4, 0.5) is 10.5 Å². The molecule has 1 heterocycles. The summed E-state index contributed by atoms with van der Waals surface area (Å²) in [6, 6.07) is 33.5. The maximum atomic E-state index is 13.0. The predicted octanol–water partition coefficient (Wildman–Crippen LogP) is 6.44. The summed E-state index contributed by atoms with van der Waals surface area (Å²) in [7, 11) is 3.53. The van der Waals surface area contributed by atoms with E-state index in [1.54, 1.807) is 12.0 Å². The quantitative estimate of drug-likeness (QED) is 0.193. The number of anilines is 1. The van der Waals surface area contributed by atoms with Crippen molar-refractivity contribution in [3.05, 3.63) is 120 Å². The van der Waals surface area contributed by atoms with Crippen molar-refractivity contribution >= 4 is 17.7 Å². The first-order valence-corrected chi connectivity index (χ1v) is 15.5. The normalized spacial score (nSPS) is 13.6. The van der Waals surface area contributed by atoms with Gasteiger partial charge < -0.3 is 24.6 Å². The van der Waals surface area contributed by atoms with Gasteiger partial charge >= 0.3 is 6.09 Å². The van der Waals surface area contributed by atoms with E-state index >= 15 is 0 Å². The van der Waals surface area contributed by atoms with E-state index in [1.807, 2.05) is 110 Å². The second-order valence-electron chi connectivity index (χ2n) is 11.3. The smallest absolute Gasteiger partial charge is 0.411 e. The highest BCUT2D eigenvalue weighted by atomic mass is 16.6. The maximum absolute atomic E-state index is 13.0. The summed E-state index contributed by atoms with van der Waals surface area (Å²) in [6.07, 6.45) is 0.961. The van der Waals surface area contributed by atoms with Gasteiger partial charge in [-0.3, -0.25) is 10.1 Å². The minimum atomic E-state index is -0.430. The molecule has 0 atom stereocenters. The minimum Gasteiger partial charge on any atom is -0.496 e. The van der Waals surface area contributed by atoms with E-state index in [2.05, 4.69) is 15.5 Å². The van der Waals surface area contributed by atoms with E-state index in [0.717, 1.165) is 66.2 Å². The van der Waals surface area contributed by atoms with E-state index in [-0.39, 0.29) is 12.0 Å². The number of methoxy groups -OCH3 is 1. The van der Waals surface area contributed by atoms with Gasteiger partial charge in [-0.05, 0) is 48.2 Å². The van der Waals surface area contributed by atoms with E-state index in [9.17, 15) is 9.59 Å². The van der Waals surface area contributed by atoms with E-state index in [4.69, 9.17) is 9.47 Å². The topological polar surface area (TPSA) is 83.1 Å². The molecule has 0 bridgehead atoms. The molecular formula is C37H42N4O4. The first kappa shape index (κ1) is 31.8. The average molecular weight is 607 g/mol. The zero-order chi connectivity index (χ0) is 31.4. The van der Waals surface area contributed by atoms with Crippen LogP contribution in [0.1, 0.15) is 34.3 Å². The van der Waals surface area contributed by atoms with Crippen LogP contribution in [0, 0.1) is 0 Å². The number of rotatable bonds is 12. The first-order chi connectivity index (χ1) is 22.0. The van der Waals surface area contributed by atoms with Crippen LogP contribution in [0.5, 0.6) is 5.75 Å². The zero-order valence-corrected chi connectivity index (χ0v) is 26.1. The lowest BCUT2D eigenvalue weighted by molar-refractivity contribution is 0.0540. The molecule has 0 aromatic heterocycles. The molecule has 1 aliphatic heterocycles. The highest BCUT2D eigenvalue weighted by molar-refractivity contribution is 5.94. The van der Waals surface area contributed by atoms with Crippen LogP contribution in [0.25, 0.3) is 11.1 Å². The standard InChI is InChI=1S/C37H42N4O4/c1-40(36(42)30-18-16-28(17-19-30)26-38-27-31-12-6-9-15-35(31)44-2)24-25-41-22-20-32(21-23-41)45-37(43)39-34-14-8-7-13-33(34)29-10-4-3-5-11-29/h3-19,32,38H,20-27H2,1-2H3,(H,39,43). The van der Waals surface area contributed by atoms with Gasteiger partial charge in [0.15, 0.2) is 0 Å². The Labute approximate surface area is 266 Å². The summed E-state index contributed by atoms with van der Waals surface area (Å²) >= 11 is 0. The third-order valence-electron chi connectivity index (χ3n) is 8.19. The molecule has 1 fully saturated rings. The Morgan fingerprint density at radius 1 is 0.844 bits per heavy atom. The Morgan fingerprint density at radius 2 is 1.53 bits per heavy atom. The summed E-state index contributed by atoms with van der Waals surface area (Å²) in [6.45, 7) is 4.44. The lowest BCUT2D eigenvalue weighted by atomic mass is 10.0. The molecule has 0 spiro atoms. The molecule has 8 heteroatoms. The Kier molecular flexibility index (Phi) is 11.2. The largest absolute Gasteiger partial charge is 0.496 e. The molecule has 0 saturated carbocycles. The van der Waals surface area contributed by atoms with Gasteiger partial charge in [0, 0.05) is 63.0 Å². The van der Waals surface area contributed by atoms with E-state index in [0.29, 0.717) is 25.2 Å². The SMILES string of the molecule is COc1ccccc1CNCc1ccc(C(=O)N(C)CCN2CCC(OC(=O)Nc3ccccc3-c3ccccc3)CC2)cc1. The van der Waals surface area contributed by atoms with Crippen molar-refractivity contribution in [2.24, 2.45) is 0 Å². The lowest BCUT2D eigenvalue weighted by Gasteiger charge is -2.32. The summed E-state index contributed by atoms with van der Waals surface area (Å²) < 4.78 is 11.2. The number of likely N-dealkylation sites (N-methyl/N-ethyl adjacent to an activating group) is 1. The van der Waals surface area contributed by atoms with Crippen LogP contribution < -0.4 is 15.4 Å². The third kappa shape index (κ3) is 8.94. The van der Waals surface area contributed by atoms with E-state index < -0.39 is 6.09 Å². The van der Waals surface area contributed by atoms with Crippen LogP contribution in [0.15, 0.2) is 103 Å². The molecule has 2 N–H and O–H groups in total. The molecule has 45 heavy (non-hydrogen) atoms. The zero-order valence-electron chi connectivity index (χ0n) is 26.1. The van der Waals surface area contributed by atoms with Crippen molar-refractivity contribution in [3.63, 3.8) is 0 Å². The van der Waals surface area contributed by atoms with Crippen LogP contribution in [-0.4, -0.2) is 68.2 Å². The van der Waals surface area contributed by atoms with Gasteiger partial charge in [-0.25, -0.2) is 4.79 Å². The number of carbonyl (C=O) groups is 2. The fourth-order valence-corrected chi connectivity index (χ4v) is 5.57. The number of nitrogens with one attached hydrogen (secondary N) is 2. The van der Waals surface area contributed by atoms with Crippen LogP contribution >= 0.6 is 0 Å². The minimum absolute atomic E-state index is 0.00852. The summed E-state index contributed by atoms with van der Waals surface area (Å²) in [4.78, 5) is 29.9. The summed E-state index contributed by atoms with van der Waals surface area (Å²) in [5.41, 5.74) is 5.62. The average Bonchev–Trinajstić information content (AvgIpc) is 3.08. The van der Waals surface area contributed by atoms with Gasteiger partial charge in [0.25, 0.3) is 5.91 Å². The van der Waals surface area contributed by atoms with Crippen molar-refractivity contribution in [3.8, 4) is 16.9 Å². The number of piperidine rings is 1. The van der Waals surface area contributed by atoms with Crippen molar-refractivity contribution in [2.45, 2.75) is 32.0 Å². The molecule has 1 saturated heterocycles. The number of likely N-dealkylation sites (tertiary alicyclic amines) is 1. The van der Waals surface area contributed by atoms with Crippen molar-refractivity contribution in [1.82, 2.24) is 15.1 Å². The number of carbonyl (C=O) groups excluding carboxylic acids is 2. The fraction of sp³-hybridized carbons (Fsp3) is 0.297. The number of para-hydroxylation sites is 2. The number of nitrogens with zero attached hydrogens (tertiary/aromatic N) is 2. The summed E-state index contributed by atoms with van der Waals surface area (Å²) in [5.74, 6) is 0.880. The molecule has 0 radical (unpaired) electrons. The number of amides is 2. The lowest BCUT2D eigenvalue weighted by Crippen LogP contribution is -2.42. The molecule has 8 nitrogen and oxygen atoms in total. The Balaban J connectivity index is 1.01. The monoisotopic (exact) mass is 606 g/mol. The van der Waals surface area contributed by atoms with Gasteiger partial charge in [-0.15, -0.1) is 0 Å². The molecule has 5 rings (SSSR count). The van der Waals surface area contributed by atoms with Crippen LogP contribution in [0.3, 0.4) is 0 Å². The Morgan fingerprint density at radius 3 is 2.29 bits per heavy atom. The molecule has 2 amide bonds. The van der Waals surface area contributed by atoms with Gasteiger partial charge in [-0.2, -0.15) is 0 Å². The Bertz CT molecular complexity index is 1540. The molecule has 234 valence electrons. The van der Waals surface area contributed by atoms with Gasteiger partial charge in [0.1, 0.15) is 11.9 Å². The molecule has 1 aliphatic rings. The van der Waals surface area contributed by atoms with Crippen molar-refractivity contribution < 1.29 is 19.1 Å². The number of hydrogen-bond donors (Lipinski definition) is 2. The van der Waals surface area contributed by atoms with Crippen molar-refractivity contribution in [1.29, 1.82) is 0 Å². The van der Waals surface area contributed by atoms with Gasteiger partial charge in [-0.1, -0.05) is 78.9 Å². The first-order valence-electron chi connectivity index (χ1n) is 15.5. The second-order valence-corrected chi connectivity index (χ2v) is 11.3. The highest BCUT2D eigenvalue weighted by Gasteiger charge is 2.23. The third-order valence-corrected chi connectivity index (χ3v) is 8.19. The fourth-order valence-electron chi connectivity index (χ4n) is 5.57. The van der Waals surface area contributed by atoms with Gasteiger partial charge in [0.05, 0.1) is 12.8 Å². The van der Waals surface area contributed by atoms with Gasteiger partial charge in [0.2, 0.25) is 0 Å². The Hall–Kier alpha value is -4.66.